The van der Waals surface area contributed by atoms with Crippen LogP contribution in [-0.2, 0) is 16.6 Å². The number of hydrogen-bond acceptors (Lipinski definition) is 5. The number of carbonyl (C=O) groups is 1. The lowest BCUT2D eigenvalue weighted by molar-refractivity contribution is -0.147. The van der Waals surface area contributed by atoms with E-state index < -0.39 is 12.1 Å². The van der Waals surface area contributed by atoms with Gasteiger partial charge in [-0.15, -0.1) is 0 Å². The molecule has 6 nitrogen and oxygen atoms in total. The van der Waals surface area contributed by atoms with E-state index in [4.69, 9.17) is 10.5 Å². The van der Waals surface area contributed by atoms with Crippen LogP contribution in [0.25, 0.3) is 10.9 Å². The van der Waals surface area contributed by atoms with Gasteiger partial charge in [0.15, 0.2) is 11.9 Å². The fraction of sp³-hybridized carbons (Fsp3) is 0.286. The highest BCUT2D eigenvalue weighted by molar-refractivity contribution is 5.83. The number of pyridine rings is 1. The van der Waals surface area contributed by atoms with Crippen LogP contribution in [0.5, 0.6) is 5.75 Å². The standard InChI is InChI=1S/C14H16N2O4/c1-8(14(18)19-3)20-12-7-9-6-10(15)4-5-11(9)16(2)13(12)17/h4-8H,15H2,1-3H3/t8-/m1/s1. The van der Waals surface area contributed by atoms with Gasteiger partial charge in [0, 0.05) is 18.1 Å². The minimum atomic E-state index is -0.855. The van der Waals surface area contributed by atoms with Crippen LogP contribution < -0.4 is 16.0 Å². The van der Waals surface area contributed by atoms with Crippen molar-refractivity contribution >= 4 is 22.6 Å². The minimum absolute atomic E-state index is 0.0866. The van der Waals surface area contributed by atoms with E-state index in [1.54, 1.807) is 31.3 Å². The predicted molar refractivity (Wildman–Crippen MR) is 75.7 cm³/mol. The minimum Gasteiger partial charge on any atom is -0.473 e. The molecule has 106 valence electrons. The molecule has 0 bridgehead atoms. The maximum Gasteiger partial charge on any atom is 0.346 e. The van der Waals surface area contributed by atoms with Gasteiger partial charge in [0.25, 0.3) is 5.56 Å². The van der Waals surface area contributed by atoms with Gasteiger partial charge in [0.2, 0.25) is 0 Å². The van der Waals surface area contributed by atoms with Crippen LogP contribution in [0.3, 0.4) is 0 Å². The summed E-state index contributed by atoms with van der Waals surface area (Å²) in [6, 6.07) is 6.80. The Bertz CT molecular complexity index is 721. The number of nitrogen functional groups attached to an aromatic ring is 1. The molecule has 1 atom stereocenters. The zero-order chi connectivity index (χ0) is 14.9. The van der Waals surface area contributed by atoms with Crippen LogP contribution in [-0.4, -0.2) is 23.8 Å². The van der Waals surface area contributed by atoms with Crippen LogP contribution in [0.15, 0.2) is 29.1 Å². The largest absolute Gasteiger partial charge is 0.473 e. The number of benzene rings is 1. The Balaban J connectivity index is 2.51. The third kappa shape index (κ3) is 2.45. The molecule has 0 saturated heterocycles. The molecule has 20 heavy (non-hydrogen) atoms. The average molecular weight is 276 g/mol. The van der Waals surface area contributed by atoms with Crippen molar-refractivity contribution in [2.75, 3.05) is 12.8 Å². The zero-order valence-electron chi connectivity index (χ0n) is 11.5. The monoisotopic (exact) mass is 276 g/mol. The summed E-state index contributed by atoms with van der Waals surface area (Å²) in [6.07, 6.45) is -0.855. The zero-order valence-corrected chi connectivity index (χ0v) is 11.5. The van der Waals surface area contributed by atoms with E-state index in [-0.39, 0.29) is 11.3 Å². The second-order valence-corrected chi connectivity index (χ2v) is 4.47. The van der Waals surface area contributed by atoms with Crippen LogP contribution >= 0.6 is 0 Å². The predicted octanol–water partition coefficient (Wildman–Crippen LogP) is 1.06. The molecule has 0 unspecified atom stereocenters. The summed E-state index contributed by atoms with van der Waals surface area (Å²) in [5.74, 6) is -0.455. The summed E-state index contributed by atoms with van der Waals surface area (Å²) in [4.78, 5) is 23.5. The second kappa shape index (κ2) is 5.24. The molecule has 2 rings (SSSR count). The number of nitrogens with zero attached hydrogens (tertiary/aromatic N) is 1. The Hall–Kier alpha value is -2.50. The molecule has 1 aromatic heterocycles. The third-order valence-electron chi connectivity index (χ3n) is 3.05. The first-order valence-electron chi connectivity index (χ1n) is 6.07. The van der Waals surface area contributed by atoms with E-state index in [9.17, 15) is 9.59 Å². The number of methoxy groups -OCH3 is 1. The van der Waals surface area contributed by atoms with E-state index in [0.717, 1.165) is 10.9 Å². The lowest BCUT2D eigenvalue weighted by atomic mass is 10.2. The molecule has 0 amide bonds. The van der Waals surface area contributed by atoms with Gasteiger partial charge in [-0.05, 0) is 31.2 Å². The quantitative estimate of drug-likeness (QED) is 0.669. The van der Waals surface area contributed by atoms with Gasteiger partial charge in [-0.3, -0.25) is 4.79 Å². The molecule has 0 spiro atoms. The third-order valence-corrected chi connectivity index (χ3v) is 3.05. The van der Waals surface area contributed by atoms with E-state index in [1.165, 1.54) is 18.6 Å². The number of nitrogens with two attached hydrogens (primary N) is 1. The topological polar surface area (TPSA) is 83.5 Å². The van der Waals surface area contributed by atoms with Crippen molar-refractivity contribution in [2.45, 2.75) is 13.0 Å². The molecule has 1 aromatic carbocycles. The van der Waals surface area contributed by atoms with E-state index in [2.05, 4.69) is 4.74 Å². The van der Waals surface area contributed by atoms with Gasteiger partial charge in [-0.2, -0.15) is 0 Å². The fourth-order valence-electron chi connectivity index (χ4n) is 1.96. The van der Waals surface area contributed by atoms with Gasteiger partial charge >= 0.3 is 5.97 Å². The van der Waals surface area contributed by atoms with Crippen molar-refractivity contribution in [3.8, 4) is 5.75 Å². The van der Waals surface area contributed by atoms with Crippen LogP contribution in [0.1, 0.15) is 6.92 Å². The Morgan fingerprint density at radius 1 is 1.35 bits per heavy atom. The number of hydrogen-bond donors (Lipinski definition) is 1. The van der Waals surface area contributed by atoms with Crippen molar-refractivity contribution < 1.29 is 14.3 Å². The normalized spacial score (nSPS) is 12.2. The second-order valence-electron chi connectivity index (χ2n) is 4.47. The maximum atomic E-state index is 12.2. The number of fused-ring (bicyclic) bond motifs is 1. The Morgan fingerprint density at radius 3 is 2.70 bits per heavy atom. The van der Waals surface area contributed by atoms with Crippen molar-refractivity contribution in [2.24, 2.45) is 7.05 Å². The Labute approximate surface area is 115 Å². The number of carbonyl (C=O) groups excluding carboxylic acids is 1. The first kappa shape index (κ1) is 13.9. The lowest BCUT2D eigenvalue weighted by Crippen LogP contribution is -2.29. The highest BCUT2D eigenvalue weighted by atomic mass is 16.6. The summed E-state index contributed by atoms with van der Waals surface area (Å²) in [7, 11) is 2.90. The van der Waals surface area contributed by atoms with Gasteiger partial charge in [-0.25, -0.2) is 4.79 Å². The molecular formula is C14H16N2O4. The summed E-state index contributed by atoms with van der Waals surface area (Å²) in [5.41, 5.74) is 6.73. The summed E-state index contributed by atoms with van der Waals surface area (Å²) >= 11 is 0. The van der Waals surface area contributed by atoms with Crippen LogP contribution in [0, 0.1) is 0 Å². The lowest BCUT2D eigenvalue weighted by Gasteiger charge is -2.14. The molecule has 2 aromatic rings. The molecular weight excluding hydrogens is 260 g/mol. The van der Waals surface area contributed by atoms with Gasteiger partial charge in [-0.1, -0.05) is 0 Å². The molecule has 0 aliphatic rings. The van der Waals surface area contributed by atoms with Crippen molar-refractivity contribution in [1.82, 2.24) is 4.57 Å². The van der Waals surface area contributed by atoms with Crippen LogP contribution in [0.4, 0.5) is 5.69 Å². The van der Waals surface area contributed by atoms with E-state index >= 15 is 0 Å². The number of esters is 1. The number of anilines is 1. The number of aromatic nitrogens is 1. The van der Waals surface area contributed by atoms with Gasteiger partial charge in [0.05, 0.1) is 12.6 Å². The molecule has 2 N–H and O–H groups in total. The number of ether oxygens (including phenoxy) is 2. The Kier molecular flexibility index (Phi) is 3.65. The molecule has 6 heteroatoms. The highest BCUT2D eigenvalue weighted by Gasteiger charge is 2.17. The molecule has 0 aliphatic carbocycles. The first-order valence-corrected chi connectivity index (χ1v) is 6.07. The van der Waals surface area contributed by atoms with E-state index in [0.29, 0.717) is 5.69 Å². The summed E-state index contributed by atoms with van der Waals surface area (Å²) in [5, 5.41) is 0.763. The Morgan fingerprint density at radius 2 is 2.05 bits per heavy atom. The van der Waals surface area contributed by atoms with E-state index in [1.807, 2.05) is 0 Å². The maximum absolute atomic E-state index is 12.2. The van der Waals surface area contributed by atoms with Crippen molar-refractivity contribution in [3.05, 3.63) is 34.6 Å². The van der Waals surface area contributed by atoms with Crippen LogP contribution in [0.2, 0.25) is 0 Å². The molecule has 1 heterocycles. The first-order chi connectivity index (χ1) is 9.43. The van der Waals surface area contributed by atoms with Gasteiger partial charge in [0.1, 0.15) is 0 Å². The SMILES string of the molecule is COC(=O)[C@@H](C)Oc1cc2cc(N)ccc2n(C)c1=O. The number of rotatable bonds is 3. The molecule has 0 aliphatic heterocycles. The van der Waals surface area contributed by atoms with Crippen molar-refractivity contribution in [1.29, 1.82) is 0 Å². The summed E-state index contributed by atoms with van der Waals surface area (Å²) < 4.78 is 11.4. The van der Waals surface area contributed by atoms with Crippen molar-refractivity contribution in [3.63, 3.8) is 0 Å². The molecule has 0 fully saturated rings. The molecule has 0 radical (unpaired) electrons. The number of aryl methyl sites for hydroxylation is 1. The molecule has 0 saturated carbocycles. The highest BCUT2D eigenvalue weighted by Crippen LogP contribution is 2.20. The van der Waals surface area contributed by atoms with Gasteiger partial charge < -0.3 is 19.8 Å². The fourth-order valence-corrected chi connectivity index (χ4v) is 1.96. The smallest absolute Gasteiger partial charge is 0.346 e. The summed E-state index contributed by atoms with van der Waals surface area (Å²) in [6.45, 7) is 1.52. The average Bonchev–Trinajstić information content (AvgIpc) is 2.43.